The summed E-state index contributed by atoms with van der Waals surface area (Å²) in [6.45, 7) is 27.1. The maximum atomic E-state index is 6.28. The van der Waals surface area contributed by atoms with Crippen LogP contribution >= 0.6 is 0 Å². The van der Waals surface area contributed by atoms with Gasteiger partial charge in [-0.3, -0.25) is 9.98 Å². The second kappa shape index (κ2) is 14.1. The van der Waals surface area contributed by atoms with Gasteiger partial charge in [-0.2, -0.15) is 0 Å². The quantitative estimate of drug-likeness (QED) is 0.174. The Morgan fingerprint density at radius 1 is 0.795 bits per heavy atom. The summed E-state index contributed by atoms with van der Waals surface area (Å²) in [6.07, 6.45) is 12.5. The minimum atomic E-state index is -1.50. The van der Waals surface area contributed by atoms with E-state index < -0.39 is 8.32 Å². The number of nitrogens with one attached hydrogen (secondary N) is 1. The van der Waals surface area contributed by atoms with E-state index in [4.69, 9.17) is 14.4 Å². The molecule has 1 heterocycles. The van der Waals surface area contributed by atoms with Crippen LogP contribution < -0.4 is 5.32 Å². The molecule has 3 fully saturated rings. The lowest BCUT2D eigenvalue weighted by Gasteiger charge is -2.44. The first-order valence-electron chi connectivity index (χ1n) is 16.7. The Hall–Kier alpha value is -0.523. The fourth-order valence-electron chi connectivity index (χ4n) is 7.59. The highest BCUT2D eigenvalue weighted by atomic mass is 28.4. The number of piperidine rings is 1. The summed E-state index contributed by atoms with van der Waals surface area (Å²) in [7, 11) is -1.50. The highest BCUT2D eigenvalue weighted by molar-refractivity contribution is 6.69. The smallest absolute Gasteiger partial charge is 0.183 e. The van der Waals surface area contributed by atoms with Gasteiger partial charge in [0.15, 0.2) is 8.32 Å². The number of aliphatic imine (C=N–C) groups is 2. The summed E-state index contributed by atoms with van der Waals surface area (Å²) in [4.78, 5) is 11.1. The van der Waals surface area contributed by atoms with E-state index >= 15 is 0 Å². The fraction of sp³-hybridized carbons (Fsp3) is 0.941. The molecule has 0 radical (unpaired) electrons. The molecule has 1 N–H and O–H groups in total. The monoisotopic (exact) mass is 559 g/mol. The van der Waals surface area contributed by atoms with E-state index in [-0.39, 0.29) is 5.41 Å². The Kier molecular flexibility index (Phi) is 11.9. The van der Waals surface area contributed by atoms with Gasteiger partial charge >= 0.3 is 0 Å². The molecule has 39 heavy (non-hydrogen) atoms. The van der Waals surface area contributed by atoms with Crippen LogP contribution in [0.2, 0.25) is 19.6 Å². The van der Waals surface area contributed by atoms with Crippen LogP contribution in [-0.2, 0) is 4.43 Å². The lowest BCUT2D eigenvalue weighted by molar-refractivity contribution is 0.162. The van der Waals surface area contributed by atoms with E-state index in [2.05, 4.69) is 80.3 Å². The van der Waals surface area contributed by atoms with Gasteiger partial charge in [0.25, 0.3) is 0 Å². The van der Waals surface area contributed by atoms with Crippen LogP contribution in [0.5, 0.6) is 0 Å². The standard InChI is InChI=1S/C34H65N3OSi/c1-23-15-12-16-24(2)32(23)35-27(5)30-21-28(34(6,7)8)22-31(36-30)29(19-14-20-38-39(9,10)11)37-33-25(3)17-13-18-26(33)4/h23-26,28,30-33,36H,12-22H2,1-11H3. The Balaban J connectivity index is 1.88. The van der Waals surface area contributed by atoms with Crippen molar-refractivity contribution in [3.05, 3.63) is 0 Å². The minimum Gasteiger partial charge on any atom is -0.418 e. The molecule has 0 aromatic carbocycles. The van der Waals surface area contributed by atoms with Gasteiger partial charge in [0.1, 0.15) is 0 Å². The Morgan fingerprint density at radius 3 is 1.77 bits per heavy atom. The van der Waals surface area contributed by atoms with Gasteiger partial charge in [0.2, 0.25) is 0 Å². The first kappa shape index (κ1) is 33.0. The molecule has 0 aromatic rings. The topological polar surface area (TPSA) is 46.0 Å². The van der Waals surface area contributed by atoms with Crippen LogP contribution in [0.1, 0.15) is 120 Å². The van der Waals surface area contributed by atoms with E-state index in [0.717, 1.165) is 19.4 Å². The first-order chi connectivity index (χ1) is 18.2. The van der Waals surface area contributed by atoms with Crippen molar-refractivity contribution in [2.45, 2.75) is 163 Å². The van der Waals surface area contributed by atoms with Crippen LogP contribution in [0.15, 0.2) is 9.98 Å². The lowest BCUT2D eigenvalue weighted by atomic mass is 9.70. The van der Waals surface area contributed by atoms with Crippen molar-refractivity contribution in [3.8, 4) is 0 Å². The molecule has 3 aliphatic rings. The number of rotatable bonds is 9. The molecular formula is C34H65N3OSi. The summed E-state index contributed by atoms with van der Waals surface area (Å²) in [5.74, 6) is 3.40. The number of hydrogen-bond acceptors (Lipinski definition) is 4. The Bertz CT molecular complexity index is 805. The van der Waals surface area contributed by atoms with Gasteiger partial charge in [-0.15, -0.1) is 0 Å². The van der Waals surface area contributed by atoms with Crippen LogP contribution in [-0.4, -0.2) is 50.5 Å². The highest BCUT2D eigenvalue weighted by Crippen LogP contribution is 2.39. The van der Waals surface area contributed by atoms with Gasteiger partial charge in [-0.05, 0) is 113 Å². The third-order valence-corrected chi connectivity index (χ3v) is 11.4. The molecule has 3 rings (SSSR count). The Morgan fingerprint density at radius 2 is 1.28 bits per heavy atom. The molecule has 1 saturated heterocycles. The largest absolute Gasteiger partial charge is 0.418 e. The molecule has 0 aromatic heterocycles. The van der Waals surface area contributed by atoms with Crippen molar-refractivity contribution in [2.75, 3.05) is 6.61 Å². The summed E-state index contributed by atoms with van der Waals surface area (Å²) in [6, 6.07) is 1.62. The molecule has 7 atom stereocenters. The number of nitrogens with zero attached hydrogens (tertiary/aromatic N) is 2. The molecule has 226 valence electrons. The molecule has 0 amide bonds. The van der Waals surface area contributed by atoms with Gasteiger partial charge in [-0.1, -0.05) is 61.3 Å². The van der Waals surface area contributed by atoms with Crippen molar-refractivity contribution in [1.29, 1.82) is 0 Å². The predicted molar refractivity (Wildman–Crippen MR) is 174 cm³/mol. The van der Waals surface area contributed by atoms with Crippen molar-refractivity contribution >= 4 is 19.7 Å². The fourth-order valence-corrected chi connectivity index (χ4v) is 8.35. The average Bonchev–Trinajstić information content (AvgIpc) is 2.83. The molecule has 2 aliphatic carbocycles. The summed E-state index contributed by atoms with van der Waals surface area (Å²) in [5.41, 5.74) is 3.04. The molecular weight excluding hydrogens is 494 g/mol. The zero-order valence-electron chi connectivity index (χ0n) is 27.8. The van der Waals surface area contributed by atoms with Crippen molar-refractivity contribution < 1.29 is 4.43 Å². The zero-order chi connectivity index (χ0) is 29.0. The van der Waals surface area contributed by atoms with Crippen molar-refractivity contribution in [1.82, 2.24) is 5.32 Å². The molecule has 5 heteroatoms. The third-order valence-electron chi connectivity index (χ3n) is 10.3. The highest BCUT2D eigenvalue weighted by Gasteiger charge is 2.39. The second-order valence-electron chi connectivity index (χ2n) is 16.0. The summed E-state index contributed by atoms with van der Waals surface area (Å²) < 4.78 is 6.28. The van der Waals surface area contributed by atoms with Crippen LogP contribution in [0, 0.1) is 35.0 Å². The van der Waals surface area contributed by atoms with Crippen LogP contribution in [0.4, 0.5) is 0 Å². The first-order valence-corrected chi connectivity index (χ1v) is 20.1. The van der Waals surface area contributed by atoms with Gasteiger partial charge in [-0.25, -0.2) is 0 Å². The molecule has 2 saturated carbocycles. The summed E-state index contributed by atoms with van der Waals surface area (Å²) >= 11 is 0. The second-order valence-corrected chi connectivity index (χ2v) is 20.5. The Labute approximate surface area is 244 Å². The zero-order valence-corrected chi connectivity index (χ0v) is 28.8. The number of hydrogen-bond donors (Lipinski definition) is 1. The molecule has 4 nitrogen and oxygen atoms in total. The SMILES string of the molecule is CC(=NC1C(C)CCCC1C)C1CC(C(C)(C)C)CC(C(CCCO[Si](C)(C)C)=NC2C(C)CCCC2C)N1. The van der Waals surface area contributed by atoms with E-state index in [9.17, 15) is 0 Å². The summed E-state index contributed by atoms with van der Waals surface area (Å²) in [5, 5.41) is 4.16. The van der Waals surface area contributed by atoms with Crippen molar-refractivity contribution in [3.63, 3.8) is 0 Å². The molecule has 0 bridgehead atoms. The normalized spacial score (nSPS) is 37.7. The molecule has 7 unspecified atom stereocenters. The third kappa shape index (κ3) is 9.77. The maximum Gasteiger partial charge on any atom is 0.183 e. The van der Waals surface area contributed by atoms with E-state index in [1.165, 1.54) is 62.8 Å². The van der Waals surface area contributed by atoms with E-state index in [1.54, 1.807) is 0 Å². The van der Waals surface area contributed by atoms with Gasteiger partial charge in [0, 0.05) is 30.1 Å². The molecule has 0 spiro atoms. The average molecular weight is 560 g/mol. The molecule has 1 aliphatic heterocycles. The maximum absolute atomic E-state index is 6.28. The minimum absolute atomic E-state index is 0.280. The van der Waals surface area contributed by atoms with Crippen LogP contribution in [0.3, 0.4) is 0 Å². The van der Waals surface area contributed by atoms with Gasteiger partial charge in [0.05, 0.1) is 12.1 Å². The van der Waals surface area contributed by atoms with Crippen LogP contribution in [0.25, 0.3) is 0 Å². The lowest BCUT2D eigenvalue weighted by Crippen LogP contribution is -2.55. The predicted octanol–water partition coefficient (Wildman–Crippen LogP) is 8.95. The van der Waals surface area contributed by atoms with Gasteiger partial charge < -0.3 is 9.74 Å². The van der Waals surface area contributed by atoms with Crippen molar-refractivity contribution in [2.24, 2.45) is 45.0 Å². The van der Waals surface area contributed by atoms with E-state index in [0.29, 0.717) is 53.8 Å². The van der Waals surface area contributed by atoms with E-state index in [1.807, 2.05) is 0 Å².